The summed E-state index contributed by atoms with van der Waals surface area (Å²) in [5, 5.41) is 4.32. The van der Waals surface area contributed by atoms with Crippen LogP contribution in [-0.4, -0.2) is 32.4 Å². The van der Waals surface area contributed by atoms with Crippen LogP contribution in [0.4, 0.5) is 4.79 Å². The van der Waals surface area contributed by atoms with Gasteiger partial charge in [-0.1, -0.05) is 0 Å². The van der Waals surface area contributed by atoms with Gasteiger partial charge in [0, 0.05) is 0 Å². The molecule has 1 aromatic heterocycles. The van der Waals surface area contributed by atoms with Crippen molar-refractivity contribution in [3.05, 3.63) is 16.4 Å². The van der Waals surface area contributed by atoms with Crippen LogP contribution in [0.25, 0.3) is 0 Å². The zero-order valence-corrected chi connectivity index (χ0v) is 12.7. The van der Waals surface area contributed by atoms with E-state index < -0.39 is 5.60 Å². The minimum Gasteiger partial charge on any atom is -0.444 e. The third-order valence-electron chi connectivity index (χ3n) is 2.76. The number of ether oxygens (including phenoxy) is 1. The molecule has 1 aromatic rings. The van der Waals surface area contributed by atoms with Crippen LogP contribution in [0.5, 0.6) is 0 Å². The van der Waals surface area contributed by atoms with Gasteiger partial charge in [0.15, 0.2) is 0 Å². The van der Waals surface area contributed by atoms with Gasteiger partial charge in [-0.05, 0) is 49.7 Å². The number of rotatable bonds is 0. The van der Waals surface area contributed by atoms with E-state index in [1.165, 1.54) is 0 Å². The molecule has 2 rings (SSSR count). The summed E-state index contributed by atoms with van der Waals surface area (Å²) in [6.07, 6.45) is -0.265. The number of aromatic nitrogens is 2. The van der Waals surface area contributed by atoms with Crippen LogP contribution in [0.3, 0.4) is 0 Å². The largest absolute Gasteiger partial charge is 0.444 e. The zero-order chi connectivity index (χ0) is 13.5. The van der Waals surface area contributed by atoms with E-state index in [0.717, 1.165) is 10.3 Å². The standard InChI is InChI=1S/C12H18BrN3O2/c1-8-6-16-9(5-10(13)14-16)7-15(8)11(17)18-12(2,3)4/h5,8H,6-7H2,1-4H3. The van der Waals surface area contributed by atoms with Crippen molar-refractivity contribution in [2.24, 2.45) is 0 Å². The summed E-state index contributed by atoms with van der Waals surface area (Å²) in [6, 6.07) is 2.02. The molecule has 18 heavy (non-hydrogen) atoms. The van der Waals surface area contributed by atoms with Gasteiger partial charge in [-0.2, -0.15) is 5.10 Å². The number of fused-ring (bicyclic) bond motifs is 1. The molecule has 0 radical (unpaired) electrons. The van der Waals surface area contributed by atoms with Gasteiger partial charge in [0.25, 0.3) is 0 Å². The van der Waals surface area contributed by atoms with Gasteiger partial charge in [0.2, 0.25) is 0 Å². The maximum Gasteiger partial charge on any atom is 0.410 e. The molecular weight excluding hydrogens is 298 g/mol. The number of carbonyl (C=O) groups is 1. The van der Waals surface area contributed by atoms with E-state index >= 15 is 0 Å². The van der Waals surface area contributed by atoms with Crippen molar-refractivity contribution >= 4 is 22.0 Å². The van der Waals surface area contributed by atoms with E-state index in [0.29, 0.717) is 13.1 Å². The Bertz CT molecular complexity index is 464. The Balaban J connectivity index is 2.14. The number of carbonyl (C=O) groups excluding carboxylic acids is 1. The molecular formula is C12H18BrN3O2. The monoisotopic (exact) mass is 315 g/mol. The Morgan fingerprint density at radius 2 is 2.22 bits per heavy atom. The lowest BCUT2D eigenvalue weighted by atomic mass is 10.2. The Labute approximate surface area is 115 Å². The lowest BCUT2D eigenvalue weighted by molar-refractivity contribution is 0.00906. The van der Waals surface area contributed by atoms with Crippen molar-refractivity contribution in [3.8, 4) is 0 Å². The molecule has 0 aromatic carbocycles. The maximum atomic E-state index is 12.1. The summed E-state index contributed by atoms with van der Waals surface area (Å²) in [4.78, 5) is 13.8. The lowest BCUT2D eigenvalue weighted by Gasteiger charge is -2.35. The second-order valence-electron chi connectivity index (χ2n) is 5.60. The maximum absolute atomic E-state index is 12.1. The molecule has 1 amide bonds. The molecule has 1 aliphatic heterocycles. The molecule has 6 heteroatoms. The normalized spacial score (nSPS) is 19.6. The van der Waals surface area contributed by atoms with Gasteiger partial charge in [0.1, 0.15) is 10.2 Å². The van der Waals surface area contributed by atoms with Crippen LogP contribution in [0, 0.1) is 0 Å². The summed E-state index contributed by atoms with van der Waals surface area (Å²) < 4.78 is 8.14. The van der Waals surface area contributed by atoms with Crippen LogP contribution < -0.4 is 0 Å². The van der Waals surface area contributed by atoms with Crippen LogP contribution in [-0.2, 0) is 17.8 Å². The smallest absolute Gasteiger partial charge is 0.410 e. The van der Waals surface area contributed by atoms with Crippen molar-refractivity contribution in [3.63, 3.8) is 0 Å². The van der Waals surface area contributed by atoms with E-state index in [4.69, 9.17) is 4.74 Å². The number of halogens is 1. The van der Waals surface area contributed by atoms with Crippen molar-refractivity contribution in [1.82, 2.24) is 14.7 Å². The Morgan fingerprint density at radius 1 is 1.56 bits per heavy atom. The molecule has 0 aliphatic carbocycles. The quantitative estimate of drug-likeness (QED) is 0.739. The van der Waals surface area contributed by atoms with E-state index in [-0.39, 0.29) is 12.1 Å². The summed E-state index contributed by atoms with van der Waals surface area (Å²) in [5.74, 6) is 0. The number of hydrogen-bond donors (Lipinski definition) is 0. The molecule has 5 nitrogen and oxygen atoms in total. The zero-order valence-electron chi connectivity index (χ0n) is 11.1. The van der Waals surface area contributed by atoms with E-state index in [2.05, 4.69) is 21.0 Å². The number of nitrogens with zero attached hydrogens (tertiary/aromatic N) is 3. The van der Waals surface area contributed by atoms with Crippen molar-refractivity contribution < 1.29 is 9.53 Å². The Kier molecular flexibility index (Phi) is 3.40. The third kappa shape index (κ3) is 2.85. The molecule has 1 aliphatic rings. The fourth-order valence-electron chi connectivity index (χ4n) is 1.95. The Morgan fingerprint density at radius 3 is 2.83 bits per heavy atom. The predicted octanol–water partition coefficient (Wildman–Crippen LogP) is 2.78. The van der Waals surface area contributed by atoms with E-state index in [1.807, 2.05) is 38.4 Å². The summed E-state index contributed by atoms with van der Waals surface area (Å²) in [5.41, 5.74) is 0.556. The number of amides is 1. The highest BCUT2D eigenvalue weighted by atomic mass is 79.9. The lowest BCUT2D eigenvalue weighted by Crippen LogP contribution is -2.46. The first-order chi connectivity index (χ1) is 8.26. The van der Waals surface area contributed by atoms with Crippen molar-refractivity contribution in [2.45, 2.75) is 52.4 Å². The van der Waals surface area contributed by atoms with Crippen molar-refractivity contribution in [1.29, 1.82) is 0 Å². The number of hydrogen-bond acceptors (Lipinski definition) is 3. The van der Waals surface area contributed by atoms with Crippen LogP contribution >= 0.6 is 15.9 Å². The van der Waals surface area contributed by atoms with Gasteiger partial charge in [-0.3, -0.25) is 9.58 Å². The first-order valence-electron chi connectivity index (χ1n) is 5.98. The highest BCUT2D eigenvalue weighted by molar-refractivity contribution is 9.10. The molecule has 2 heterocycles. The SMILES string of the molecule is CC1Cn2nc(Br)cc2CN1C(=O)OC(C)(C)C. The average Bonchev–Trinajstić information content (AvgIpc) is 2.53. The highest BCUT2D eigenvalue weighted by Crippen LogP contribution is 2.22. The summed E-state index contributed by atoms with van der Waals surface area (Å²) in [7, 11) is 0. The summed E-state index contributed by atoms with van der Waals surface area (Å²) >= 11 is 3.35. The van der Waals surface area contributed by atoms with E-state index in [1.54, 1.807) is 4.90 Å². The fraction of sp³-hybridized carbons (Fsp3) is 0.667. The fourth-order valence-corrected chi connectivity index (χ4v) is 2.41. The predicted molar refractivity (Wildman–Crippen MR) is 71.2 cm³/mol. The molecule has 0 N–H and O–H groups in total. The van der Waals surface area contributed by atoms with Crippen molar-refractivity contribution in [2.75, 3.05) is 0 Å². The third-order valence-corrected chi connectivity index (χ3v) is 3.15. The van der Waals surface area contributed by atoms with E-state index in [9.17, 15) is 4.79 Å². The molecule has 1 atom stereocenters. The topological polar surface area (TPSA) is 47.4 Å². The van der Waals surface area contributed by atoms with Gasteiger partial charge in [-0.15, -0.1) is 0 Å². The first-order valence-corrected chi connectivity index (χ1v) is 6.77. The molecule has 100 valence electrons. The minimum absolute atomic E-state index is 0.0825. The van der Waals surface area contributed by atoms with Gasteiger partial charge in [-0.25, -0.2) is 4.79 Å². The molecule has 0 bridgehead atoms. The molecule has 0 fully saturated rings. The van der Waals surface area contributed by atoms with Crippen LogP contribution in [0.15, 0.2) is 10.7 Å². The Hall–Kier alpha value is -1.04. The second-order valence-corrected chi connectivity index (χ2v) is 6.41. The molecule has 0 spiro atoms. The molecule has 0 saturated heterocycles. The van der Waals surface area contributed by atoms with Gasteiger partial charge in [0.05, 0.1) is 24.8 Å². The first kappa shape index (κ1) is 13.4. The van der Waals surface area contributed by atoms with Gasteiger partial charge >= 0.3 is 6.09 Å². The van der Waals surface area contributed by atoms with Crippen LogP contribution in [0.1, 0.15) is 33.4 Å². The van der Waals surface area contributed by atoms with Gasteiger partial charge < -0.3 is 4.74 Å². The van der Waals surface area contributed by atoms with Crippen LogP contribution in [0.2, 0.25) is 0 Å². The molecule has 0 saturated carbocycles. The highest BCUT2D eigenvalue weighted by Gasteiger charge is 2.31. The summed E-state index contributed by atoms with van der Waals surface area (Å²) in [6.45, 7) is 8.86. The average molecular weight is 316 g/mol. The molecule has 1 unspecified atom stereocenters. The minimum atomic E-state index is -0.463. The second kappa shape index (κ2) is 4.57.